The van der Waals surface area contributed by atoms with Gasteiger partial charge < -0.3 is 14.6 Å². The molecule has 35 heavy (non-hydrogen) atoms. The van der Waals surface area contributed by atoms with Crippen LogP contribution in [0.4, 0.5) is 13.2 Å². The normalized spacial score (nSPS) is 11.5. The molecule has 1 N–H and O–H groups in total. The second-order valence-corrected chi connectivity index (χ2v) is 8.28. The second kappa shape index (κ2) is 9.92. The third-order valence-corrected chi connectivity index (χ3v) is 5.58. The highest BCUT2D eigenvalue weighted by Gasteiger charge is 2.41. The molecule has 0 fully saturated rings. The van der Waals surface area contributed by atoms with Crippen molar-refractivity contribution in [3.63, 3.8) is 0 Å². The Hall–Kier alpha value is -3.65. The van der Waals surface area contributed by atoms with E-state index < -0.39 is 17.6 Å². The molecule has 0 amide bonds. The zero-order valence-electron chi connectivity index (χ0n) is 18.9. The van der Waals surface area contributed by atoms with Crippen LogP contribution in [0.2, 0.25) is 5.02 Å². The van der Waals surface area contributed by atoms with Gasteiger partial charge in [0.1, 0.15) is 29.5 Å². The lowest BCUT2D eigenvalue weighted by molar-refractivity contribution is -0.144. The summed E-state index contributed by atoms with van der Waals surface area (Å²) >= 11 is 5.98. The Balaban J connectivity index is 1.67. The molecule has 1 heterocycles. The maximum Gasteiger partial charge on any atom is 0.436 e. The molecule has 0 radical (unpaired) electrons. The number of alkyl halides is 3. The number of rotatable bonds is 7. The average molecular weight is 503 g/mol. The van der Waals surface area contributed by atoms with Crippen LogP contribution in [-0.2, 0) is 26.3 Å². The van der Waals surface area contributed by atoms with Gasteiger partial charge in [0.25, 0.3) is 0 Å². The van der Waals surface area contributed by atoms with Crippen LogP contribution in [0.25, 0.3) is 11.3 Å². The third-order valence-electron chi connectivity index (χ3n) is 5.34. The molecule has 0 unspecified atom stereocenters. The molecule has 0 spiro atoms. The van der Waals surface area contributed by atoms with Crippen molar-refractivity contribution in [2.75, 3.05) is 0 Å². The minimum atomic E-state index is -4.73. The van der Waals surface area contributed by atoms with Gasteiger partial charge in [-0.15, -0.1) is 0 Å². The lowest BCUT2D eigenvalue weighted by Gasteiger charge is -2.13. The van der Waals surface area contributed by atoms with Gasteiger partial charge >= 0.3 is 6.18 Å². The maximum absolute atomic E-state index is 13.9. The summed E-state index contributed by atoms with van der Waals surface area (Å²) in [5, 5.41) is 15.3. The van der Waals surface area contributed by atoms with E-state index in [0.717, 1.165) is 17.5 Å². The van der Waals surface area contributed by atoms with Crippen molar-refractivity contribution in [1.82, 2.24) is 9.78 Å². The van der Waals surface area contributed by atoms with Gasteiger partial charge in [0, 0.05) is 23.7 Å². The van der Waals surface area contributed by atoms with Gasteiger partial charge in [-0.2, -0.15) is 18.3 Å². The number of ether oxygens (including phenoxy) is 2. The highest BCUT2D eigenvalue weighted by Crippen LogP contribution is 2.46. The molecule has 3 aromatic carbocycles. The van der Waals surface area contributed by atoms with E-state index in [4.69, 9.17) is 21.1 Å². The number of nitrogens with zero attached hydrogens (tertiary/aromatic N) is 2. The fraction of sp³-hybridized carbons (Fsp3) is 0.192. The van der Waals surface area contributed by atoms with Crippen molar-refractivity contribution in [3.8, 4) is 34.3 Å². The minimum Gasteiger partial charge on any atom is -0.507 e. The molecule has 9 heteroatoms. The van der Waals surface area contributed by atoms with Crippen LogP contribution in [0.1, 0.15) is 23.7 Å². The van der Waals surface area contributed by atoms with Crippen molar-refractivity contribution in [2.45, 2.75) is 26.1 Å². The average Bonchev–Trinajstić information content (AvgIpc) is 3.14. The zero-order chi connectivity index (χ0) is 25.2. The monoisotopic (exact) mass is 502 g/mol. The molecule has 0 aliphatic heterocycles. The summed E-state index contributed by atoms with van der Waals surface area (Å²) in [5.74, 6) is -0.238. The van der Waals surface area contributed by atoms with E-state index in [0.29, 0.717) is 15.5 Å². The quantitative estimate of drug-likeness (QED) is 0.286. The predicted octanol–water partition coefficient (Wildman–Crippen LogP) is 7.40. The van der Waals surface area contributed by atoms with Gasteiger partial charge in [-0.3, -0.25) is 4.68 Å². The van der Waals surface area contributed by atoms with E-state index in [1.807, 2.05) is 13.0 Å². The molecule has 4 rings (SSSR count). The zero-order valence-corrected chi connectivity index (χ0v) is 19.7. The first-order valence-corrected chi connectivity index (χ1v) is 11.1. The van der Waals surface area contributed by atoms with E-state index in [-0.39, 0.29) is 29.4 Å². The molecular weight excluding hydrogens is 481 g/mol. The van der Waals surface area contributed by atoms with E-state index in [9.17, 15) is 18.3 Å². The minimum absolute atomic E-state index is 0.0754. The third kappa shape index (κ3) is 5.54. The Labute approximate surface area is 205 Å². The first-order valence-electron chi connectivity index (χ1n) is 10.8. The Morgan fingerprint density at radius 3 is 2.31 bits per heavy atom. The SMILES string of the molecule is CCc1ccc(Oc2c(-c3ccc(OCc4cccc(Cl)c4)cc3O)nn(C)c2C(F)(F)F)cc1. The molecule has 5 nitrogen and oxygen atoms in total. The summed E-state index contributed by atoms with van der Waals surface area (Å²) in [6, 6.07) is 18.2. The van der Waals surface area contributed by atoms with Crippen LogP contribution in [0.5, 0.6) is 23.0 Å². The van der Waals surface area contributed by atoms with Gasteiger partial charge in [0.15, 0.2) is 11.4 Å². The highest BCUT2D eigenvalue weighted by molar-refractivity contribution is 6.30. The van der Waals surface area contributed by atoms with Gasteiger partial charge in [-0.1, -0.05) is 42.8 Å². The van der Waals surface area contributed by atoms with Crippen molar-refractivity contribution in [2.24, 2.45) is 7.05 Å². The first kappa shape index (κ1) is 24.5. The molecule has 0 atom stereocenters. The molecule has 0 saturated heterocycles. The van der Waals surface area contributed by atoms with Crippen molar-refractivity contribution < 1.29 is 27.8 Å². The molecule has 0 aliphatic carbocycles. The highest BCUT2D eigenvalue weighted by atomic mass is 35.5. The molecule has 4 aromatic rings. The Bertz CT molecular complexity index is 1330. The number of phenolic OH excluding ortho intramolecular Hbond substituents is 1. The number of hydrogen-bond acceptors (Lipinski definition) is 4. The summed E-state index contributed by atoms with van der Waals surface area (Å²) in [7, 11) is 1.18. The molecule has 1 aromatic heterocycles. The van der Waals surface area contributed by atoms with Crippen molar-refractivity contribution in [3.05, 3.63) is 88.6 Å². The molecule has 0 aliphatic rings. The van der Waals surface area contributed by atoms with Crippen molar-refractivity contribution >= 4 is 11.6 Å². The molecule has 0 saturated carbocycles. The molecule has 182 valence electrons. The number of halogens is 4. The number of benzene rings is 3. The van der Waals surface area contributed by atoms with E-state index >= 15 is 0 Å². The Morgan fingerprint density at radius 2 is 1.69 bits per heavy atom. The lowest BCUT2D eigenvalue weighted by Crippen LogP contribution is -2.12. The van der Waals surface area contributed by atoms with Crippen LogP contribution < -0.4 is 9.47 Å². The van der Waals surface area contributed by atoms with Crippen LogP contribution >= 0.6 is 11.6 Å². The predicted molar refractivity (Wildman–Crippen MR) is 127 cm³/mol. The van der Waals surface area contributed by atoms with E-state index in [1.165, 1.54) is 19.2 Å². The lowest BCUT2D eigenvalue weighted by atomic mass is 10.1. The van der Waals surface area contributed by atoms with Gasteiger partial charge in [0.05, 0.1) is 0 Å². The van der Waals surface area contributed by atoms with Crippen LogP contribution in [0.15, 0.2) is 66.7 Å². The number of phenols is 1. The largest absolute Gasteiger partial charge is 0.507 e. The van der Waals surface area contributed by atoms with Gasteiger partial charge in [0.2, 0.25) is 0 Å². The standard InChI is InChI=1S/C26H22ClF3N2O3/c1-3-16-7-9-19(10-8-16)35-24-23(31-32(2)25(24)26(28,29)30)21-12-11-20(14-22(21)33)34-15-17-5-4-6-18(27)13-17/h4-14,33H,3,15H2,1-2H3. The Morgan fingerprint density at radius 1 is 0.971 bits per heavy atom. The summed E-state index contributed by atoms with van der Waals surface area (Å²) in [5.41, 5.74) is 0.716. The van der Waals surface area contributed by atoms with Crippen LogP contribution in [-0.4, -0.2) is 14.9 Å². The molecule has 0 bridgehead atoms. The van der Waals surface area contributed by atoms with Crippen LogP contribution in [0, 0.1) is 0 Å². The summed E-state index contributed by atoms with van der Waals surface area (Å²) < 4.78 is 53.7. The number of hydrogen-bond donors (Lipinski definition) is 1. The summed E-state index contributed by atoms with van der Waals surface area (Å²) in [4.78, 5) is 0. The second-order valence-electron chi connectivity index (χ2n) is 7.84. The number of aromatic nitrogens is 2. The van der Waals surface area contributed by atoms with E-state index in [2.05, 4.69) is 5.10 Å². The van der Waals surface area contributed by atoms with Gasteiger partial charge in [-0.05, 0) is 53.9 Å². The number of aromatic hydroxyl groups is 1. The van der Waals surface area contributed by atoms with Crippen molar-refractivity contribution in [1.29, 1.82) is 0 Å². The van der Waals surface area contributed by atoms with Gasteiger partial charge in [-0.25, -0.2) is 0 Å². The fourth-order valence-corrected chi connectivity index (χ4v) is 3.81. The maximum atomic E-state index is 13.9. The number of aryl methyl sites for hydroxylation is 2. The topological polar surface area (TPSA) is 56.5 Å². The first-order chi connectivity index (χ1) is 16.7. The smallest absolute Gasteiger partial charge is 0.436 e. The van der Waals surface area contributed by atoms with Crippen LogP contribution in [0.3, 0.4) is 0 Å². The summed E-state index contributed by atoms with van der Waals surface area (Å²) in [6.07, 6.45) is -3.94. The van der Waals surface area contributed by atoms with E-state index in [1.54, 1.807) is 48.5 Å². The summed E-state index contributed by atoms with van der Waals surface area (Å²) in [6.45, 7) is 2.17. The Kier molecular flexibility index (Phi) is 6.93. The molecular formula is C26H22ClF3N2O3. The fourth-order valence-electron chi connectivity index (χ4n) is 3.60.